The maximum absolute atomic E-state index is 13.2. The van der Waals surface area contributed by atoms with E-state index in [0.29, 0.717) is 24.4 Å². The molecule has 1 unspecified atom stereocenters. The lowest BCUT2D eigenvalue weighted by Crippen LogP contribution is -2.56. The number of hydrogen-bond donors (Lipinski definition) is 2. The summed E-state index contributed by atoms with van der Waals surface area (Å²) in [4.78, 5) is 57.0. The van der Waals surface area contributed by atoms with Crippen molar-refractivity contribution in [3.63, 3.8) is 0 Å². The highest BCUT2D eigenvalue weighted by Crippen LogP contribution is 2.25. The number of carbonyl (C=O) groups excluding carboxylic acids is 4. The smallest absolute Gasteiger partial charge is 0.409 e. The summed E-state index contributed by atoms with van der Waals surface area (Å²) in [5.41, 5.74) is 5.93. The number of fused-ring (bicyclic) bond motifs is 1. The summed E-state index contributed by atoms with van der Waals surface area (Å²) < 4.78 is 10.4. The van der Waals surface area contributed by atoms with Gasteiger partial charge in [-0.25, -0.2) is 9.78 Å². The standard InChI is InChI=1S/C23H29N5O6/c1-3-34-23(32)28-12-10-27(11-13-28)22(31)17(8-9-20(24)29)26-21(30)18-14-19(33-2)15-6-4-5-7-16(15)25-18/h4-7,14,17H,3,8-13H2,1-2H3,(H2,24,29)(H,26,30). The van der Waals surface area contributed by atoms with Crippen LogP contribution < -0.4 is 15.8 Å². The summed E-state index contributed by atoms with van der Waals surface area (Å²) in [5, 5.41) is 3.45. The van der Waals surface area contributed by atoms with Crippen molar-refractivity contribution in [3.05, 3.63) is 36.0 Å². The van der Waals surface area contributed by atoms with Gasteiger partial charge in [-0.05, 0) is 25.5 Å². The van der Waals surface area contributed by atoms with Gasteiger partial charge < -0.3 is 30.3 Å². The number of ether oxygens (including phenoxy) is 2. The molecule has 11 nitrogen and oxygen atoms in total. The van der Waals surface area contributed by atoms with Crippen molar-refractivity contribution in [2.24, 2.45) is 5.73 Å². The van der Waals surface area contributed by atoms with Crippen LogP contribution in [-0.2, 0) is 14.3 Å². The molecular formula is C23H29N5O6. The largest absolute Gasteiger partial charge is 0.496 e. The lowest BCUT2D eigenvalue weighted by molar-refractivity contribution is -0.135. The normalized spacial score (nSPS) is 14.4. The topological polar surface area (TPSA) is 144 Å². The van der Waals surface area contributed by atoms with E-state index in [2.05, 4.69) is 10.3 Å². The summed E-state index contributed by atoms with van der Waals surface area (Å²) in [6.45, 7) is 3.18. The molecule has 11 heteroatoms. The van der Waals surface area contributed by atoms with E-state index >= 15 is 0 Å². The Morgan fingerprint density at radius 1 is 1.12 bits per heavy atom. The fourth-order valence-electron chi connectivity index (χ4n) is 3.75. The lowest BCUT2D eigenvalue weighted by Gasteiger charge is -2.36. The average Bonchev–Trinajstić information content (AvgIpc) is 2.85. The Morgan fingerprint density at radius 2 is 1.79 bits per heavy atom. The summed E-state index contributed by atoms with van der Waals surface area (Å²) in [5.74, 6) is -1.03. The van der Waals surface area contributed by atoms with Gasteiger partial charge in [-0.1, -0.05) is 12.1 Å². The van der Waals surface area contributed by atoms with Crippen molar-refractivity contribution in [3.8, 4) is 5.75 Å². The molecule has 1 atom stereocenters. The quantitative estimate of drug-likeness (QED) is 0.582. The maximum atomic E-state index is 13.2. The number of nitrogens with zero attached hydrogens (tertiary/aromatic N) is 3. The van der Waals surface area contributed by atoms with Crippen molar-refractivity contribution in [1.29, 1.82) is 0 Å². The Hall–Kier alpha value is -3.89. The number of para-hydroxylation sites is 1. The first kappa shape index (κ1) is 24.7. The van der Waals surface area contributed by atoms with Crippen LogP contribution in [0.4, 0.5) is 4.79 Å². The Bertz CT molecular complexity index is 1070. The molecule has 1 aromatic carbocycles. The van der Waals surface area contributed by atoms with Crippen LogP contribution in [0.3, 0.4) is 0 Å². The molecule has 0 bridgehead atoms. The van der Waals surface area contributed by atoms with E-state index in [9.17, 15) is 19.2 Å². The molecule has 182 valence electrons. The first-order valence-electron chi connectivity index (χ1n) is 11.1. The molecule has 0 spiro atoms. The Balaban J connectivity index is 1.74. The number of aromatic nitrogens is 1. The van der Waals surface area contributed by atoms with Gasteiger partial charge in [-0.15, -0.1) is 0 Å². The summed E-state index contributed by atoms with van der Waals surface area (Å²) in [6.07, 6.45) is -0.457. The fourth-order valence-corrected chi connectivity index (χ4v) is 3.75. The molecule has 0 saturated carbocycles. The maximum Gasteiger partial charge on any atom is 0.409 e. The monoisotopic (exact) mass is 471 g/mol. The van der Waals surface area contributed by atoms with Gasteiger partial charge in [0.2, 0.25) is 11.8 Å². The zero-order valence-electron chi connectivity index (χ0n) is 19.3. The van der Waals surface area contributed by atoms with Crippen LogP contribution in [0.25, 0.3) is 10.9 Å². The van der Waals surface area contributed by atoms with E-state index < -0.39 is 23.9 Å². The molecule has 1 saturated heterocycles. The number of nitrogens with two attached hydrogens (primary N) is 1. The second-order valence-electron chi connectivity index (χ2n) is 7.77. The predicted molar refractivity (Wildman–Crippen MR) is 123 cm³/mol. The highest BCUT2D eigenvalue weighted by molar-refractivity contribution is 5.99. The van der Waals surface area contributed by atoms with Gasteiger partial charge in [-0.2, -0.15) is 0 Å². The van der Waals surface area contributed by atoms with Gasteiger partial charge in [-0.3, -0.25) is 14.4 Å². The number of piperazine rings is 1. The summed E-state index contributed by atoms with van der Waals surface area (Å²) in [7, 11) is 1.50. The first-order chi connectivity index (χ1) is 16.3. The molecular weight excluding hydrogens is 442 g/mol. The second kappa shape index (κ2) is 11.3. The highest BCUT2D eigenvalue weighted by Gasteiger charge is 2.31. The minimum atomic E-state index is -0.978. The number of rotatable bonds is 8. The van der Waals surface area contributed by atoms with Gasteiger partial charge in [0.1, 0.15) is 17.5 Å². The molecule has 0 radical (unpaired) electrons. The van der Waals surface area contributed by atoms with Crippen LogP contribution in [0, 0.1) is 0 Å². The minimum absolute atomic E-state index is 0.0444. The molecule has 0 aliphatic carbocycles. The van der Waals surface area contributed by atoms with E-state index in [1.54, 1.807) is 24.0 Å². The van der Waals surface area contributed by atoms with Crippen LogP contribution >= 0.6 is 0 Å². The molecule has 2 heterocycles. The van der Waals surface area contributed by atoms with Crippen LogP contribution in [0.1, 0.15) is 30.3 Å². The Morgan fingerprint density at radius 3 is 2.44 bits per heavy atom. The molecule has 1 aliphatic rings. The van der Waals surface area contributed by atoms with Crippen molar-refractivity contribution >= 4 is 34.7 Å². The zero-order valence-corrected chi connectivity index (χ0v) is 19.3. The van der Waals surface area contributed by atoms with Crippen LogP contribution in [-0.4, -0.2) is 84.5 Å². The number of amides is 4. The van der Waals surface area contributed by atoms with Gasteiger partial charge in [0, 0.05) is 44.1 Å². The highest BCUT2D eigenvalue weighted by atomic mass is 16.6. The third kappa shape index (κ3) is 5.91. The number of methoxy groups -OCH3 is 1. The van der Waals surface area contributed by atoms with Gasteiger partial charge in [0.05, 0.1) is 19.2 Å². The van der Waals surface area contributed by atoms with E-state index in [1.165, 1.54) is 18.1 Å². The number of carbonyl (C=O) groups is 4. The first-order valence-corrected chi connectivity index (χ1v) is 11.1. The number of nitrogens with one attached hydrogen (secondary N) is 1. The summed E-state index contributed by atoms with van der Waals surface area (Å²) in [6, 6.07) is 7.75. The third-order valence-corrected chi connectivity index (χ3v) is 5.53. The van der Waals surface area contributed by atoms with Gasteiger partial charge in [0.15, 0.2) is 0 Å². The van der Waals surface area contributed by atoms with Crippen molar-refractivity contribution in [2.75, 3.05) is 39.9 Å². The number of benzene rings is 1. The zero-order chi connectivity index (χ0) is 24.7. The minimum Gasteiger partial charge on any atom is -0.496 e. The molecule has 4 amide bonds. The van der Waals surface area contributed by atoms with E-state index in [0.717, 1.165) is 5.39 Å². The molecule has 1 aliphatic heterocycles. The number of pyridine rings is 1. The van der Waals surface area contributed by atoms with E-state index in [-0.39, 0.29) is 44.1 Å². The van der Waals surface area contributed by atoms with Crippen LogP contribution in [0.2, 0.25) is 0 Å². The van der Waals surface area contributed by atoms with E-state index in [1.807, 2.05) is 12.1 Å². The predicted octanol–water partition coefficient (Wildman–Crippen LogP) is 0.908. The average molecular weight is 472 g/mol. The Kier molecular flexibility index (Phi) is 8.23. The lowest BCUT2D eigenvalue weighted by atomic mass is 10.1. The molecule has 3 rings (SSSR count). The summed E-state index contributed by atoms with van der Waals surface area (Å²) >= 11 is 0. The molecule has 1 fully saturated rings. The fraction of sp³-hybridized carbons (Fsp3) is 0.435. The van der Waals surface area contributed by atoms with Gasteiger partial charge >= 0.3 is 6.09 Å². The van der Waals surface area contributed by atoms with Crippen LogP contribution in [0.15, 0.2) is 30.3 Å². The molecule has 34 heavy (non-hydrogen) atoms. The number of primary amides is 1. The third-order valence-electron chi connectivity index (χ3n) is 5.53. The van der Waals surface area contributed by atoms with Crippen molar-refractivity contribution < 1.29 is 28.7 Å². The van der Waals surface area contributed by atoms with Crippen molar-refractivity contribution in [2.45, 2.75) is 25.8 Å². The van der Waals surface area contributed by atoms with E-state index in [4.69, 9.17) is 15.2 Å². The van der Waals surface area contributed by atoms with Crippen LogP contribution in [0.5, 0.6) is 5.75 Å². The second-order valence-corrected chi connectivity index (χ2v) is 7.77. The Labute approximate surface area is 197 Å². The SMILES string of the molecule is CCOC(=O)N1CCN(C(=O)C(CCC(N)=O)NC(=O)c2cc(OC)c3ccccc3n2)CC1. The molecule has 1 aromatic heterocycles. The molecule has 3 N–H and O–H groups in total. The van der Waals surface area contributed by atoms with Crippen molar-refractivity contribution in [1.82, 2.24) is 20.1 Å². The number of hydrogen-bond acceptors (Lipinski definition) is 7. The van der Waals surface area contributed by atoms with Gasteiger partial charge in [0.25, 0.3) is 5.91 Å². The molecule has 2 aromatic rings.